The van der Waals surface area contributed by atoms with Crippen LogP contribution in [0.15, 0.2) is 22.7 Å². The molecule has 0 aromatic heterocycles. The zero-order valence-corrected chi connectivity index (χ0v) is 11.8. The van der Waals surface area contributed by atoms with E-state index in [1.54, 1.807) is 12.1 Å². The molecule has 1 aliphatic rings. The number of nitrogens with one attached hydrogen (secondary N) is 1. The Bertz CT molecular complexity index is 453. The molecule has 1 aromatic carbocycles. The molecule has 1 unspecified atom stereocenters. The number of hydrogen-bond donors (Lipinski definition) is 1. The lowest BCUT2D eigenvalue weighted by Crippen LogP contribution is -2.52. The molecule has 0 aliphatic carbocycles. The van der Waals surface area contributed by atoms with Crippen molar-refractivity contribution in [3.63, 3.8) is 0 Å². The second kappa shape index (κ2) is 5.80. The van der Waals surface area contributed by atoms with Crippen molar-refractivity contribution in [1.29, 1.82) is 0 Å². The maximum absolute atomic E-state index is 13.1. The van der Waals surface area contributed by atoms with E-state index >= 15 is 0 Å². The number of benzene rings is 1. The Kier molecular flexibility index (Phi) is 4.35. The topological polar surface area (TPSA) is 32.3 Å². The molecule has 2 rings (SSSR count). The van der Waals surface area contributed by atoms with Gasteiger partial charge in [-0.1, -0.05) is 6.07 Å². The standard InChI is InChI=1S/C13H16BrFN2O/c1-9-8-16-4-5-17(9)13(18)7-10-2-3-12(15)11(14)6-10/h2-3,6,9,16H,4-5,7-8H2,1H3. The maximum atomic E-state index is 13.1. The van der Waals surface area contributed by atoms with Crippen LogP contribution in [0.4, 0.5) is 4.39 Å². The number of nitrogens with zero attached hydrogens (tertiary/aromatic N) is 1. The van der Waals surface area contributed by atoms with Crippen LogP contribution in [0.2, 0.25) is 0 Å². The highest BCUT2D eigenvalue weighted by Gasteiger charge is 2.22. The molecule has 1 aromatic rings. The molecule has 1 heterocycles. The summed E-state index contributed by atoms with van der Waals surface area (Å²) in [4.78, 5) is 14.0. The van der Waals surface area contributed by atoms with Crippen LogP contribution in [0, 0.1) is 5.82 Å². The normalized spacial score (nSPS) is 19.9. The lowest BCUT2D eigenvalue weighted by Gasteiger charge is -2.34. The summed E-state index contributed by atoms with van der Waals surface area (Å²) in [5.74, 6) is -0.204. The third-order valence-electron chi connectivity index (χ3n) is 3.16. The van der Waals surface area contributed by atoms with Gasteiger partial charge in [-0.15, -0.1) is 0 Å². The Balaban J connectivity index is 2.04. The predicted octanol–water partition coefficient (Wildman–Crippen LogP) is 1.95. The molecule has 98 valence electrons. The number of hydrogen-bond acceptors (Lipinski definition) is 2. The quantitative estimate of drug-likeness (QED) is 0.905. The van der Waals surface area contributed by atoms with Crippen molar-refractivity contribution in [2.75, 3.05) is 19.6 Å². The summed E-state index contributed by atoms with van der Waals surface area (Å²) in [6, 6.07) is 4.92. The Labute approximate surface area is 114 Å². The van der Waals surface area contributed by atoms with Crippen molar-refractivity contribution >= 4 is 21.8 Å². The average molecular weight is 315 g/mol. The fourth-order valence-corrected chi connectivity index (χ4v) is 2.56. The molecule has 18 heavy (non-hydrogen) atoms. The van der Waals surface area contributed by atoms with Gasteiger partial charge in [-0.2, -0.15) is 0 Å². The number of carbonyl (C=O) groups is 1. The van der Waals surface area contributed by atoms with Crippen molar-refractivity contribution < 1.29 is 9.18 Å². The molecular formula is C13H16BrFN2O. The highest BCUT2D eigenvalue weighted by molar-refractivity contribution is 9.10. The van der Waals surface area contributed by atoms with Gasteiger partial charge in [0.1, 0.15) is 5.82 Å². The summed E-state index contributed by atoms with van der Waals surface area (Å²) in [5, 5.41) is 3.25. The number of piperazine rings is 1. The van der Waals surface area contributed by atoms with E-state index in [0.29, 0.717) is 10.9 Å². The van der Waals surface area contributed by atoms with Gasteiger partial charge in [0, 0.05) is 25.7 Å². The van der Waals surface area contributed by atoms with E-state index in [9.17, 15) is 9.18 Å². The first-order valence-electron chi connectivity index (χ1n) is 6.02. The van der Waals surface area contributed by atoms with Crippen molar-refractivity contribution in [3.8, 4) is 0 Å². The van der Waals surface area contributed by atoms with Gasteiger partial charge in [-0.25, -0.2) is 4.39 Å². The molecule has 0 saturated carbocycles. The number of halogens is 2. The molecule has 1 aliphatic heterocycles. The van der Waals surface area contributed by atoms with Gasteiger partial charge in [0.15, 0.2) is 0 Å². The van der Waals surface area contributed by atoms with Crippen LogP contribution in [0.5, 0.6) is 0 Å². The molecule has 1 amide bonds. The van der Waals surface area contributed by atoms with Crippen LogP contribution >= 0.6 is 15.9 Å². The zero-order chi connectivity index (χ0) is 13.1. The molecular weight excluding hydrogens is 299 g/mol. The molecule has 1 N–H and O–H groups in total. The number of rotatable bonds is 2. The molecule has 0 spiro atoms. The van der Waals surface area contributed by atoms with E-state index < -0.39 is 0 Å². The highest BCUT2D eigenvalue weighted by Crippen LogP contribution is 2.18. The smallest absolute Gasteiger partial charge is 0.227 e. The van der Waals surface area contributed by atoms with Gasteiger partial charge in [0.25, 0.3) is 0 Å². The second-order valence-corrected chi connectivity index (χ2v) is 5.42. The van der Waals surface area contributed by atoms with Crippen LogP contribution in [0.3, 0.4) is 0 Å². The van der Waals surface area contributed by atoms with Crippen molar-refractivity contribution in [2.45, 2.75) is 19.4 Å². The Hall–Kier alpha value is -0.940. The second-order valence-electron chi connectivity index (χ2n) is 4.57. The summed E-state index contributed by atoms with van der Waals surface area (Å²) in [6.45, 7) is 4.44. The van der Waals surface area contributed by atoms with E-state index in [1.807, 2.05) is 11.8 Å². The summed E-state index contributed by atoms with van der Waals surface area (Å²) in [7, 11) is 0. The van der Waals surface area contributed by atoms with Crippen molar-refractivity contribution in [3.05, 3.63) is 34.1 Å². The van der Waals surface area contributed by atoms with E-state index in [1.165, 1.54) is 6.07 Å². The first-order valence-corrected chi connectivity index (χ1v) is 6.81. The SMILES string of the molecule is CC1CNCCN1C(=O)Cc1ccc(F)c(Br)c1. The van der Waals surface area contributed by atoms with Gasteiger partial charge in [0.2, 0.25) is 5.91 Å². The van der Waals surface area contributed by atoms with Gasteiger partial charge in [-0.05, 0) is 40.5 Å². The van der Waals surface area contributed by atoms with Gasteiger partial charge >= 0.3 is 0 Å². The Morgan fingerprint density at radius 1 is 1.61 bits per heavy atom. The first-order chi connectivity index (χ1) is 8.58. The minimum Gasteiger partial charge on any atom is -0.337 e. The minimum absolute atomic E-state index is 0.0995. The average Bonchev–Trinajstić information content (AvgIpc) is 2.34. The van der Waals surface area contributed by atoms with E-state index in [-0.39, 0.29) is 17.8 Å². The summed E-state index contributed by atoms with van der Waals surface area (Å²) < 4.78 is 13.5. The fraction of sp³-hybridized carbons (Fsp3) is 0.462. The van der Waals surface area contributed by atoms with Gasteiger partial charge < -0.3 is 10.2 Å². The third kappa shape index (κ3) is 3.09. The maximum Gasteiger partial charge on any atom is 0.227 e. The minimum atomic E-state index is -0.304. The van der Waals surface area contributed by atoms with Crippen LogP contribution in [-0.2, 0) is 11.2 Å². The van der Waals surface area contributed by atoms with Crippen LogP contribution < -0.4 is 5.32 Å². The largest absolute Gasteiger partial charge is 0.337 e. The van der Waals surface area contributed by atoms with Crippen molar-refractivity contribution in [1.82, 2.24) is 10.2 Å². The summed E-state index contributed by atoms with van der Waals surface area (Å²) in [6.07, 6.45) is 0.323. The van der Waals surface area contributed by atoms with E-state index in [2.05, 4.69) is 21.2 Å². The molecule has 0 radical (unpaired) electrons. The van der Waals surface area contributed by atoms with E-state index in [0.717, 1.165) is 25.2 Å². The summed E-state index contributed by atoms with van der Waals surface area (Å²) in [5.41, 5.74) is 0.832. The molecule has 1 saturated heterocycles. The van der Waals surface area contributed by atoms with E-state index in [4.69, 9.17) is 0 Å². The lowest BCUT2D eigenvalue weighted by molar-refractivity contribution is -0.133. The number of amides is 1. The van der Waals surface area contributed by atoms with Gasteiger partial charge in [0.05, 0.1) is 10.9 Å². The monoisotopic (exact) mass is 314 g/mol. The highest BCUT2D eigenvalue weighted by atomic mass is 79.9. The van der Waals surface area contributed by atoms with Crippen LogP contribution in [-0.4, -0.2) is 36.5 Å². The Morgan fingerprint density at radius 3 is 3.06 bits per heavy atom. The summed E-state index contributed by atoms with van der Waals surface area (Å²) >= 11 is 3.13. The van der Waals surface area contributed by atoms with Crippen LogP contribution in [0.1, 0.15) is 12.5 Å². The molecule has 0 bridgehead atoms. The fourth-order valence-electron chi connectivity index (χ4n) is 2.14. The Morgan fingerprint density at radius 2 is 2.39 bits per heavy atom. The van der Waals surface area contributed by atoms with Crippen molar-refractivity contribution in [2.24, 2.45) is 0 Å². The lowest BCUT2D eigenvalue weighted by atomic mass is 10.1. The number of carbonyl (C=O) groups excluding carboxylic acids is 1. The zero-order valence-electron chi connectivity index (χ0n) is 10.2. The molecule has 1 fully saturated rings. The van der Waals surface area contributed by atoms with Gasteiger partial charge in [-0.3, -0.25) is 4.79 Å². The first kappa shape index (κ1) is 13.5. The molecule has 1 atom stereocenters. The third-order valence-corrected chi connectivity index (χ3v) is 3.77. The molecule has 5 heteroatoms. The predicted molar refractivity (Wildman–Crippen MR) is 71.8 cm³/mol. The van der Waals surface area contributed by atoms with Crippen LogP contribution in [0.25, 0.3) is 0 Å². The molecule has 3 nitrogen and oxygen atoms in total.